The molecule has 0 aliphatic carbocycles. The maximum Gasteiger partial charge on any atom is 0.253 e. The molecule has 0 radical (unpaired) electrons. The summed E-state index contributed by atoms with van der Waals surface area (Å²) in [5.74, 6) is 0.578. The lowest BCUT2D eigenvalue weighted by Crippen LogP contribution is -2.29. The van der Waals surface area contributed by atoms with Crippen molar-refractivity contribution in [2.45, 2.75) is 31.7 Å². The largest absolute Gasteiger partial charge is 0.487 e. The van der Waals surface area contributed by atoms with Gasteiger partial charge in [-0.2, -0.15) is 0 Å². The minimum Gasteiger partial charge on any atom is -0.487 e. The lowest BCUT2D eigenvalue weighted by molar-refractivity contribution is -0.126. The van der Waals surface area contributed by atoms with Gasteiger partial charge in [-0.25, -0.2) is 4.98 Å². The number of rotatable bonds is 6. The Morgan fingerprint density at radius 2 is 2.11 bits per heavy atom. The summed E-state index contributed by atoms with van der Waals surface area (Å²) in [6.45, 7) is 0.825. The number of anilines is 1. The lowest BCUT2D eigenvalue weighted by atomic mass is 10.2. The molecule has 1 aromatic carbocycles. The van der Waals surface area contributed by atoms with Gasteiger partial charge in [0.15, 0.2) is 0 Å². The van der Waals surface area contributed by atoms with Crippen molar-refractivity contribution in [1.29, 1.82) is 0 Å². The molecule has 3 N–H and O–H groups in total. The van der Waals surface area contributed by atoms with Crippen LogP contribution in [0.4, 0.5) is 5.69 Å². The highest BCUT2D eigenvalue weighted by Gasteiger charge is 2.29. The second-order valence-corrected chi connectivity index (χ2v) is 6.56. The highest BCUT2D eigenvalue weighted by Crippen LogP contribution is 2.22. The summed E-state index contributed by atoms with van der Waals surface area (Å²) in [6, 6.07) is 13.1. The first-order valence-corrected chi connectivity index (χ1v) is 9.03. The number of hydrogen-bond acceptors (Lipinski definition) is 5. The number of carbonyl (C=O) groups is 1. The van der Waals surface area contributed by atoms with Gasteiger partial charge in [0.05, 0.1) is 11.8 Å². The number of hydrogen-bond donors (Lipinski definition) is 2. The number of nitrogens with zero attached hydrogens (tertiary/aromatic N) is 2. The number of amides is 1. The van der Waals surface area contributed by atoms with E-state index in [4.69, 9.17) is 15.2 Å². The fourth-order valence-electron chi connectivity index (χ4n) is 3.14. The Morgan fingerprint density at radius 1 is 1.26 bits per heavy atom. The van der Waals surface area contributed by atoms with Gasteiger partial charge in [0, 0.05) is 24.6 Å². The molecular weight excluding hydrogens is 344 g/mol. The molecule has 0 saturated carbocycles. The van der Waals surface area contributed by atoms with Crippen LogP contribution in [0.15, 0.2) is 54.9 Å². The molecule has 27 heavy (non-hydrogen) atoms. The number of carbonyl (C=O) groups excluding carboxylic acids is 1. The van der Waals surface area contributed by atoms with Crippen molar-refractivity contribution in [1.82, 2.24) is 9.38 Å². The normalized spacial score (nSPS) is 19.3. The maximum absolute atomic E-state index is 12.2. The molecule has 2 atom stereocenters. The third-order valence-corrected chi connectivity index (χ3v) is 4.59. The fraction of sp³-hybridized carbons (Fsp3) is 0.300. The predicted molar refractivity (Wildman–Crippen MR) is 102 cm³/mol. The first kappa shape index (κ1) is 17.5. The Morgan fingerprint density at radius 3 is 2.85 bits per heavy atom. The van der Waals surface area contributed by atoms with Gasteiger partial charge >= 0.3 is 0 Å². The van der Waals surface area contributed by atoms with E-state index >= 15 is 0 Å². The predicted octanol–water partition coefficient (Wildman–Crippen LogP) is 2.36. The SMILES string of the molecule is NC[C@H]1CC[C@@H](C(=O)Nc2ccc(OCc3cn4ccccc4n3)cc2)O1. The van der Waals surface area contributed by atoms with Gasteiger partial charge in [0.1, 0.15) is 24.1 Å². The van der Waals surface area contributed by atoms with Crippen molar-refractivity contribution in [3.8, 4) is 5.75 Å². The number of pyridine rings is 1. The number of nitrogens with one attached hydrogen (secondary N) is 1. The maximum atomic E-state index is 12.2. The van der Waals surface area contributed by atoms with Crippen LogP contribution in [0.1, 0.15) is 18.5 Å². The number of aromatic nitrogens is 2. The zero-order valence-electron chi connectivity index (χ0n) is 14.9. The van der Waals surface area contributed by atoms with Gasteiger partial charge in [0.2, 0.25) is 0 Å². The summed E-state index contributed by atoms with van der Waals surface area (Å²) >= 11 is 0. The standard InChI is InChI=1S/C20H22N4O3/c21-11-17-8-9-18(27-17)20(25)23-14-4-6-16(7-5-14)26-13-15-12-24-10-2-1-3-19(24)22-15/h1-7,10,12,17-18H,8-9,11,13,21H2,(H,23,25)/t17-,18+/m1/s1. The second kappa shape index (κ2) is 7.77. The van der Waals surface area contributed by atoms with Gasteiger partial charge in [-0.3, -0.25) is 4.79 Å². The molecule has 1 aliphatic heterocycles. The van der Waals surface area contributed by atoms with Gasteiger partial charge in [0.25, 0.3) is 5.91 Å². The van der Waals surface area contributed by atoms with Crippen molar-refractivity contribution < 1.29 is 14.3 Å². The van der Waals surface area contributed by atoms with Crippen LogP contribution in [0.25, 0.3) is 5.65 Å². The third-order valence-electron chi connectivity index (χ3n) is 4.59. The summed E-state index contributed by atoms with van der Waals surface area (Å²) in [7, 11) is 0. The average Bonchev–Trinajstić information content (AvgIpc) is 3.34. The minimum absolute atomic E-state index is 0.0175. The third kappa shape index (κ3) is 4.10. The monoisotopic (exact) mass is 366 g/mol. The van der Waals surface area contributed by atoms with Gasteiger partial charge in [-0.05, 0) is 49.2 Å². The molecule has 2 aromatic heterocycles. The first-order chi connectivity index (χ1) is 13.2. The molecule has 1 aliphatic rings. The number of fused-ring (bicyclic) bond motifs is 1. The van der Waals surface area contributed by atoms with Crippen LogP contribution in [0.2, 0.25) is 0 Å². The van der Waals surface area contributed by atoms with E-state index in [1.165, 1.54) is 0 Å². The van der Waals surface area contributed by atoms with Crippen LogP contribution in [-0.2, 0) is 16.1 Å². The molecule has 4 rings (SSSR count). The van der Waals surface area contributed by atoms with Gasteiger partial charge < -0.3 is 24.9 Å². The second-order valence-electron chi connectivity index (χ2n) is 6.56. The van der Waals surface area contributed by atoms with E-state index in [2.05, 4.69) is 10.3 Å². The molecule has 7 nitrogen and oxygen atoms in total. The van der Waals surface area contributed by atoms with Crippen molar-refractivity contribution in [3.63, 3.8) is 0 Å². The molecule has 0 bridgehead atoms. The number of nitrogens with two attached hydrogens (primary N) is 1. The van der Waals surface area contributed by atoms with Crippen LogP contribution in [-0.4, -0.2) is 34.0 Å². The first-order valence-electron chi connectivity index (χ1n) is 9.03. The average molecular weight is 366 g/mol. The highest BCUT2D eigenvalue weighted by atomic mass is 16.5. The molecule has 1 saturated heterocycles. The Kier molecular flexibility index (Phi) is 5.04. The Hall–Kier alpha value is -2.90. The van der Waals surface area contributed by atoms with Crippen molar-refractivity contribution in [2.75, 3.05) is 11.9 Å². The smallest absolute Gasteiger partial charge is 0.253 e. The topological polar surface area (TPSA) is 90.9 Å². The summed E-state index contributed by atoms with van der Waals surface area (Å²) in [5, 5.41) is 2.87. The lowest BCUT2D eigenvalue weighted by Gasteiger charge is -2.13. The van der Waals surface area contributed by atoms with Gasteiger partial charge in [-0.15, -0.1) is 0 Å². The van der Waals surface area contributed by atoms with E-state index in [1.807, 2.05) is 59.3 Å². The van der Waals surface area contributed by atoms with E-state index in [9.17, 15) is 4.79 Å². The molecule has 1 amide bonds. The summed E-state index contributed by atoms with van der Waals surface area (Å²) in [4.78, 5) is 16.7. The minimum atomic E-state index is -0.426. The molecule has 0 unspecified atom stereocenters. The summed E-state index contributed by atoms with van der Waals surface area (Å²) in [6.07, 6.45) is 4.98. The molecular formula is C20H22N4O3. The van der Waals surface area contributed by atoms with Gasteiger partial charge in [-0.1, -0.05) is 6.07 Å². The van der Waals surface area contributed by atoms with Crippen LogP contribution in [0.3, 0.4) is 0 Å². The Labute approximate surface area is 157 Å². The van der Waals surface area contributed by atoms with E-state index < -0.39 is 6.10 Å². The Balaban J connectivity index is 1.31. The zero-order valence-corrected chi connectivity index (χ0v) is 14.9. The van der Waals surface area contributed by atoms with Crippen LogP contribution in [0, 0.1) is 0 Å². The van der Waals surface area contributed by atoms with Crippen LogP contribution in [0.5, 0.6) is 5.75 Å². The van der Waals surface area contributed by atoms with Crippen LogP contribution >= 0.6 is 0 Å². The van der Waals surface area contributed by atoms with E-state index in [-0.39, 0.29) is 12.0 Å². The number of imidazole rings is 1. The highest BCUT2D eigenvalue weighted by molar-refractivity contribution is 5.94. The summed E-state index contributed by atoms with van der Waals surface area (Å²) in [5.41, 5.74) is 8.03. The summed E-state index contributed by atoms with van der Waals surface area (Å²) < 4.78 is 13.3. The quantitative estimate of drug-likeness (QED) is 0.699. The molecule has 140 valence electrons. The van der Waals surface area contributed by atoms with Crippen molar-refractivity contribution in [3.05, 3.63) is 60.6 Å². The van der Waals surface area contributed by atoms with E-state index in [1.54, 1.807) is 0 Å². The van der Waals surface area contributed by atoms with E-state index in [0.717, 1.165) is 17.8 Å². The van der Waals surface area contributed by atoms with Crippen molar-refractivity contribution in [2.24, 2.45) is 5.73 Å². The molecule has 1 fully saturated rings. The van der Waals surface area contributed by atoms with Crippen LogP contribution < -0.4 is 15.8 Å². The Bertz CT molecular complexity index is 889. The molecule has 7 heteroatoms. The number of benzene rings is 1. The fourth-order valence-corrected chi connectivity index (χ4v) is 3.14. The molecule has 3 aromatic rings. The molecule has 0 spiro atoms. The van der Waals surface area contributed by atoms with Crippen molar-refractivity contribution >= 4 is 17.2 Å². The van der Waals surface area contributed by atoms with E-state index in [0.29, 0.717) is 31.0 Å². The zero-order chi connectivity index (χ0) is 18.6. The number of ether oxygens (including phenoxy) is 2. The molecule has 3 heterocycles.